The first kappa shape index (κ1) is 20.8. The highest BCUT2D eigenvalue weighted by Crippen LogP contribution is 2.20. The molecule has 0 radical (unpaired) electrons. The number of piperazine rings is 1. The first-order valence-electron chi connectivity index (χ1n) is 10.9. The summed E-state index contributed by atoms with van der Waals surface area (Å²) < 4.78 is 5.25. The van der Waals surface area contributed by atoms with E-state index in [0.29, 0.717) is 6.04 Å². The van der Waals surface area contributed by atoms with Crippen LogP contribution in [0.15, 0.2) is 29.3 Å². The van der Waals surface area contributed by atoms with Crippen molar-refractivity contribution in [3.8, 4) is 5.75 Å². The summed E-state index contributed by atoms with van der Waals surface area (Å²) in [6, 6.07) is 9.00. The van der Waals surface area contributed by atoms with Gasteiger partial charge in [-0.2, -0.15) is 0 Å². The third-order valence-electron chi connectivity index (χ3n) is 5.92. The molecule has 1 heterocycles. The minimum absolute atomic E-state index is 0.603. The number of anilines is 1. The average molecular weight is 388 g/mol. The highest BCUT2D eigenvalue weighted by molar-refractivity contribution is 5.79. The Hall–Kier alpha value is -1.95. The molecule has 156 valence electrons. The molecule has 28 heavy (non-hydrogen) atoms. The maximum absolute atomic E-state index is 5.25. The fraction of sp³-hybridized carbons (Fsp3) is 0.682. The number of guanidine groups is 1. The first-order valence-corrected chi connectivity index (χ1v) is 10.9. The van der Waals surface area contributed by atoms with Gasteiger partial charge < -0.3 is 20.3 Å². The average Bonchev–Trinajstić information content (AvgIpc) is 2.77. The van der Waals surface area contributed by atoms with Gasteiger partial charge in [-0.3, -0.25) is 9.89 Å². The molecule has 2 aliphatic rings. The van der Waals surface area contributed by atoms with Crippen LogP contribution in [0.5, 0.6) is 5.75 Å². The molecule has 0 amide bonds. The van der Waals surface area contributed by atoms with Crippen LogP contribution in [-0.4, -0.2) is 70.3 Å². The van der Waals surface area contributed by atoms with E-state index in [1.165, 1.54) is 37.8 Å². The maximum atomic E-state index is 5.25. The van der Waals surface area contributed by atoms with Crippen LogP contribution in [0.1, 0.15) is 38.5 Å². The van der Waals surface area contributed by atoms with Gasteiger partial charge in [0.2, 0.25) is 0 Å². The Morgan fingerprint density at radius 3 is 2.43 bits per heavy atom. The van der Waals surface area contributed by atoms with E-state index in [9.17, 15) is 0 Å². The van der Waals surface area contributed by atoms with Crippen molar-refractivity contribution in [1.82, 2.24) is 15.5 Å². The zero-order valence-electron chi connectivity index (χ0n) is 17.6. The second-order valence-corrected chi connectivity index (χ2v) is 7.86. The number of hydrogen-bond acceptors (Lipinski definition) is 4. The fourth-order valence-electron chi connectivity index (χ4n) is 4.17. The third kappa shape index (κ3) is 6.30. The van der Waals surface area contributed by atoms with E-state index in [2.05, 4.69) is 37.6 Å². The lowest BCUT2D eigenvalue weighted by Crippen LogP contribution is -2.47. The van der Waals surface area contributed by atoms with Crippen LogP contribution < -0.4 is 20.3 Å². The van der Waals surface area contributed by atoms with E-state index in [0.717, 1.165) is 57.4 Å². The van der Waals surface area contributed by atoms with E-state index >= 15 is 0 Å². The van der Waals surface area contributed by atoms with E-state index in [1.54, 1.807) is 7.11 Å². The summed E-state index contributed by atoms with van der Waals surface area (Å²) in [7, 11) is 3.58. The summed E-state index contributed by atoms with van der Waals surface area (Å²) in [6.45, 7) is 6.55. The van der Waals surface area contributed by atoms with Crippen molar-refractivity contribution in [3.05, 3.63) is 24.3 Å². The first-order chi connectivity index (χ1) is 13.8. The number of aliphatic imine (C=N–C) groups is 1. The molecule has 2 fully saturated rings. The summed E-state index contributed by atoms with van der Waals surface area (Å²) in [4.78, 5) is 9.42. The molecule has 0 bridgehead atoms. The van der Waals surface area contributed by atoms with Gasteiger partial charge in [0.15, 0.2) is 5.96 Å². The Bertz CT molecular complexity index is 589. The predicted molar refractivity (Wildman–Crippen MR) is 118 cm³/mol. The number of rotatable bonds is 7. The standard InChI is InChI=1S/C22H37N5O/c1-23-22(25-19-7-4-3-5-8-19)24-13-6-14-26-15-17-27(18-16-26)20-9-11-21(28-2)12-10-20/h9-12,19H,3-8,13-18H2,1-2H3,(H2,23,24,25). The van der Waals surface area contributed by atoms with Gasteiger partial charge in [-0.05, 0) is 50.1 Å². The lowest BCUT2D eigenvalue weighted by molar-refractivity contribution is 0.255. The molecule has 0 atom stereocenters. The van der Waals surface area contributed by atoms with E-state index in [-0.39, 0.29) is 0 Å². The Balaban J connectivity index is 1.30. The van der Waals surface area contributed by atoms with Crippen molar-refractivity contribution in [2.45, 2.75) is 44.6 Å². The van der Waals surface area contributed by atoms with Crippen molar-refractivity contribution < 1.29 is 4.74 Å². The smallest absolute Gasteiger partial charge is 0.191 e. The summed E-state index contributed by atoms with van der Waals surface area (Å²) in [5, 5.41) is 7.08. The molecule has 1 aliphatic carbocycles. The van der Waals surface area contributed by atoms with Gasteiger partial charge in [-0.25, -0.2) is 0 Å². The Kier molecular flexibility index (Phi) is 8.27. The molecule has 0 unspecified atom stereocenters. The van der Waals surface area contributed by atoms with Gasteiger partial charge in [0.25, 0.3) is 0 Å². The van der Waals surface area contributed by atoms with Gasteiger partial charge in [0.05, 0.1) is 7.11 Å². The van der Waals surface area contributed by atoms with Crippen LogP contribution in [0.4, 0.5) is 5.69 Å². The highest BCUT2D eigenvalue weighted by atomic mass is 16.5. The summed E-state index contributed by atoms with van der Waals surface area (Å²) in [5.41, 5.74) is 1.29. The highest BCUT2D eigenvalue weighted by Gasteiger charge is 2.17. The van der Waals surface area contributed by atoms with Crippen molar-refractivity contribution in [1.29, 1.82) is 0 Å². The topological polar surface area (TPSA) is 52.1 Å². The van der Waals surface area contributed by atoms with Crippen LogP contribution >= 0.6 is 0 Å². The van der Waals surface area contributed by atoms with Crippen LogP contribution in [0.25, 0.3) is 0 Å². The number of ether oxygens (including phenoxy) is 1. The number of nitrogens with one attached hydrogen (secondary N) is 2. The van der Waals surface area contributed by atoms with Crippen LogP contribution in [0.3, 0.4) is 0 Å². The molecular formula is C22H37N5O. The van der Waals surface area contributed by atoms with Crippen molar-refractivity contribution in [3.63, 3.8) is 0 Å². The number of hydrogen-bond donors (Lipinski definition) is 2. The zero-order valence-corrected chi connectivity index (χ0v) is 17.6. The number of nitrogens with zero attached hydrogens (tertiary/aromatic N) is 3. The van der Waals surface area contributed by atoms with Gasteiger partial charge in [0.1, 0.15) is 5.75 Å². The summed E-state index contributed by atoms with van der Waals surface area (Å²) in [5.74, 6) is 1.89. The monoisotopic (exact) mass is 387 g/mol. The lowest BCUT2D eigenvalue weighted by atomic mass is 9.96. The van der Waals surface area contributed by atoms with Crippen molar-refractivity contribution >= 4 is 11.6 Å². The molecule has 0 aromatic heterocycles. The van der Waals surface area contributed by atoms with Gasteiger partial charge in [0, 0.05) is 51.5 Å². The lowest BCUT2D eigenvalue weighted by Gasteiger charge is -2.36. The minimum atomic E-state index is 0.603. The van der Waals surface area contributed by atoms with Crippen molar-refractivity contribution in [2.24, 2.45) is 4.99 Å². The Morgan fingerprint density at radius 1 is 1.07 bits per heavy atom. The van der Waals surface area contributed by atoms with Crippen molar-refractivity contribution in [2.75, 3.05) is 58.3 Å². The minimum Gasteiger partial charge on any atom is -0.497 e. The molecule has 3 rings (SSSR count). The van der Waals surface area contributed by atoms with Crippen LogP contribution in [0, 0.1) is 0 Å². The van der Waals surface area contributed by atoms with E-state index in [1.807, 2.05) is 19.2 Å². The predicted octanol–water partition coefficient (Wildman–Crippen LogP) is 2.70. The fourth-order valence-corrected chi connectivity index (χ4v) is 4.17. The molecule has 1 aromatic carbocycles. The maximum Gasteiger partial charge on any atom is 0.191 e. The molecule has 0 spiro atoms. The molecule has 1 aliphatic heterocycles. The normalized spacial score (nSPS) is 19.5. The SMILES string of the molecule is CN=C(NCCCN1CCN(c2ccc(OC)cc2)CC1)NC1CCCCC1. The van der Waals surface area contributed by atoms with E-state index < -0.39 is 0 Å². The van der Waals surface area contributed by atoms with Crippen LogP contribution in [-0.2, 0) is 0 Å². The number of benzene rings is 1. The van der Waals surface area contributed by atoms with Crippen LogP contribution in [0.2, 0.25) is 0 Å². The molecule has 2 N–H and O–H groups in total. The summed E-state index contributed by atoms with van der Waals surface area (Å²) in [6.07, 6.45) is 7.77. The second kappa shape index (κ2) is 11.1. The van der Waals surface area contributed by atoms with E-state index in [4.69, 9.17) is 4.74 Å². The quantitative estimate of drug-likeness (QED) is 0.428. The number of methoxy groups -OCH3 is 1. The molecule has 1 aromatic rings. The molecule has 6 nitrogen and oxygen atoms in total. The zero-order chi connectivity index (χ0) is 19.6. The Morgan fingerprint density at radius 2 is 1.79 bits per heavy atom. The molecular weight excluding hydrogens is 350 g/mol. The Labute approximate surface area is 170 Å². The summed E-state index contributed by atoms with van der Waals surface area (Å²) >= 11 is 0. The van der Waals surface area contributed by atoms with Gasteiger partial charge in [-0.15, -0.1) is 0 Å². The molecule has 1 saturated carbocycles. The second-order valence-electron chi connectivity index (χ2n) is 7.86. The third-order valence-corrected chi connectivity index (χ3v) is 5.92. The molecule has 1 saturated heterocycles. The van der Waals surface area contributed by atoms with Gasteiger partial charge in [-0.1, -0.05) is 19.3 Å². The van der Waals surface area contributed by atoms with Gasteiger partial charge >= 0.3 is 0 Å². The largest absolute Gasteiger partial charge is 0.497 e. The molecule has 6 heteroatoms.